The molecular formula is C16H16BrClO2. The minimum Gasteiger partial charge on any atom is -0.457 e. The Morgan fingerprint density at radius 1 is 1.15 bits per heavy atom. The Balaban J connectivity index is 2.12. The van der Waals surface area contributed by atoms with E-state index in [9.17, 15) is 5.11 Å². The van der Waals surface area contributed by atoms with E-state index >= 15 is 0 Å². The summed E-state index contributed by atoms with van der Waals surface area (Å²) in [7, 11) is 0. The highest BCUT2D eigenvalue weighted by Crippen LogP contribution is 2.29. The largest absolute Gasteiger partial charge is 0.457 e. The molecular weight excluding hydrogens is 340 g/mol. The highest BCUT2D eigenvalue weighted by atomic mass is 79.9. The highest BCUT2D eigenvalue weighted by molar-refractivity contribution is 9.09. The second-order valence-electron chi connectivity index (χ2n) is 4.80. The second-order valence-corrected chi connectivity index (χ2v) is 6.03. The molecule has 2 aromatic carbocycles. The Morgan fingerprint density at radius 3 is 2.45 bits per heavy atom. The van der Waals surface area contributed by atoms with Crippen molar-refractivity contribution in [2.75, 3.05) is 5.33 Å². The van der Waals surface area contributed by atoms with Gasteiger partial charge in [0.15, 0.2) is 0 Å². The fourth-order valence-electron chi connectivity index (χ4n) is 1.88. The van der Waals surface area contributed by atoms with E-state index in [-0.39, 0.29) is 0 Å². The number of alkyl halides is 1. The summed E-state index contributed by atoms with van der Waals surface area (Å²) in [6, 6.07) is 14.7. The van der Waals surface area contributed by atoms with Crippen molar-refractivity contribution in [3.05, 3.63) is 59.1 Å². The monoisotopic (exact) mass is 354 g/mol. The van der Waals surface area contributed by atoms with E-state index in [2.05, 4.69) is 15.9 Å². The molecule has 106 valence electrons. The molecule has 0 spiro atoms. The van der Waals surface area contributed by atoms with Gasteiger partial charge in [0.2, 0.25) is 0 Å². The lowest BCUT2D eigenvalue weighted by Gasteiger charge is -2.23. The number of hydrogen-bond acceptors (Lipinski definition) is 2. The van der Waals surface area contributed by atoms with Gasteiger partial charge in [-0.25, -0.2) is 0 Å². The summed E-state index contributed by atoms with van der Waals surface area (Å²) >= 11 is 9.26. The molecule has 1 N–H and O–H groups in total. The maximum atomic E-state index is 10.3. The first kappa shape index (κ1) is 15.4. The molecule has 2 aromatic rings. The third kappa shape index (κ3) is 3.98. The van der Waals surface area contributed by atoms with E-state index in [0.717, 1.165) is 10.9 Å². The molecule has 1 unspecified atom stereocenters. The van der Waals surface area contributed by atoms with Crippen molar-refractivity contribution in [1.82, 2.24) is 0 Å². The van der Waals surface area contributed by atoms with Gasteiger partial charge in [0, 0.05) is 10.4 Å². The van der Waals surface area contributed by atoms with E-state index in [1.165, 1.54) is 0 Å². The van der Waals surface area contributed by atoms with Crippen molar-refractivity contribution in [3.63, 3.8) is 0 Å². The molecule has 0 fully saturated rings. The lowest BCUT2D eigenvalue weighted by Crippen LogP contribution is -2.21. The van der Waals surface area contributed by atoms with Gasteiger partial charge in [-0.2, -0.15) is 0 Å². The van der Waals surface area contributed by atoms with Crippen molar-refractivity contribution in [3.8, 4) is 11.5 Å². The average Bonchev–Trinajstić information content (AvgIpc) is 2.39. The molecule has 0 radical (unpaired) electrons. The lowest BCUT2D eigenvalue weighted by atomic mass is 9.93. The minimum atomic E-state index is -0.835. The van der Waals surface area contributed by atoms with E-state index in [1.807, 2.05) is 36.4 Å². The van der Waals surface area contributed by atoms with Crippen molar-refractivity contribution < 1.29 is 9.84 Å². The van der Waals surface area contributed by atoms with Gasteiger partial charge in [0.05, 0.1) is 5.60 Å². The van der Waals surface area contributed by atoms with Crippen molar-refractivity contribution in [2.45, 2.75) is 18.9 Å². The van der Waals surface area contributed by atoms with E-state index in [0.29, 0.717) is 22.9 Å². The third-order valence-corrected chi connectivity index (χ3v) is 3.72. The molecule has 0 aliphatic carbocycles. The van der Waals surface area contributed by atoms with Gasteiger partial charge in [0.25, 0.3) is 0 Å². The predicted octanol–water partition coefficient (Wildman–Crippen LogP) is 5.12. The zero-order chi connectivity index (χ0) is 14.6. The Hall–Kier alpha value is -1.03. The van der Waals surface area contributed by atoms with Crippen molar-refractivity contribution in [1.29, 1.82) is 0 Å². The van der Waals surface area contributed by atoms with Crippen LogP contribution in [0.1, 0.15) is 18.9 Å². The molecule has 2 rings (SSSR count). The SMILES string of the molecule is CC(O)(CCBr)c1ccc(Oc2cccc(Cl)c2)cc1. The van der Waals surface area contributed by atoms with E-state index in [4.69, 9.17) is 16.3 Å². The van der Waals surface area contributed by atoms with Crippen LogP contribution in [0, 0.1) is 0 Å². The van der Waals surface area contributed by atoms with Crippen LogP contribution in [0.5, 0.6) is 11.5 Å². The summed E-state index contributed by atoms with van der Waals surface area (Å²) in [5, 5.41) is 11.7. The quantitative estimate of drug-likeness (QED) is 0.754. The first-order chi connectivity index (χ1) is 9.51. The fourth-order valence-corrected chi connectivity index (χ4v) is 2.83. The van der Waals surface area contributed by atoms with Crippen LogP contribution in [0.2, 0.25) is 5.02 Å². The molecule has 0 saturated heterocycles. The molecule has 0 aliphatic heterocycles. The summed E-state index contributed by atoms with van der Waals surface area (Å²) < 4.78 is 5.71. The third-order valence-electron chi connectivity index (χ3n) is 3.09. The Kier molecular flexibility index (Phi) is 5.08. The zero-order valence-electron chi connectivity index (χ0n) is 11.1. The number of benzene rings is 2. The summed E-state index contributed by atoms with van der Waals surface area (Å²) in [4.78, 5) is 0. The standard InChI is InChI=1S/C16H16BrClO2/c1-16(19,9-10-17)12-5-7-14(8-6-12)20-15-4-2-3-13(18)11-15/h2-8,11,19H,9-10H2,1H3. The molecule has 0 amide bonds. The molecule has 0 heterocycles. The van der Waals surface area contributed by atoms with Crippen LogP contribution in [-0.4, -0.2) is 10.4 Å². The van der Waals surface area contributed by atoms with Crippen LogP contribution in [0.15, 0.2) is 48.5 Å². The topological polar surface area (TPSA) is 29.5 Å². The van der Waals surface area contributed by atoms with Crippen LogP contribution in [-0.2, 0) is 5.60 Å². The van der Waals surface area contributed by atoms with Gasteiger partial charge in [-0.1, -0.05) is 45.7 Å². The second kappa shape index (κ2) is 6.61. The highest BCUT2D eigenvalue weighted by Gasteiger charge is 2.21. The van der Waals surface area contributed by atoms with Crippen molar-refractivity contribution in [2.24, 2.45) is 0 Å². The van der Waals surface area contributed by atoms with Crippen LogP contribution in [0.3, 0.4) is 0 Å². The summed E-state index contributed by atoms with van der Waals surface area (Å²) in [6.45, 7) is 1.81. The number of rotatable bonds is 5. The lowest BCUT2D eigenvalue weighted by molar-refractivity contribution is 0.0546. The molecule has 2 nitrogen and oxygen atoms in total. The van der Waals surface area contributed by atoms with Crippen LogP contribution in [0.4, 0.5) is 0 Å². The molecule has 4 heteroatoms. The van der Waals surface area contributed by atoms with Gasteiger partial charge < -0.3 is 9.84 Å². The molecule has 0 saturated carbocycles. The smallest absolute Gasteiger partial charge is 0.128 e. The van der Waals surface area contributed by atoms with Gasteiger partial charge in [-0.15, -0.1) is 0 Å². The van der Waals surface area contributed by atoms with E-state index < -0.39 is 5.60 Å². The van der Waals surface area contributed by atoms with Crippen LogP contribution in [0.25, 0.3) is 0 Å². The Bertz CT molecular complexity index is 567. The number of hydrogen-bond donors (Lipinski definition) is 1. The molecule has 0 aliphatic rings. The van der Waals surface area contributed by atoms with Crippen LogP contribution < -0.4 is 4.74 Å². The normalized spacial score (nSPS) is 13.8. The summed E-state index contributed by atoms with van der Waals surface area (Å²) in [5.74, 6) is 1.41. The number of aliphatic hydroxyl groups is 1. The first-order valence-corrected chi connectivity index (χ1v) is 7.83. The number of ether oxygens (including phenoxy) is 1. The Morgan fingerprint density at radius 2 is 1.85 bits per heavy atom. The fraction of sp³-hybridized carbons (Fsp3) is 0.250. The first-order valence-electron chi connectivity index (χ1n) is 6.33. The van der Waals surface area contributed by atoms with Gasteiger partial charge in [0.1, 0.15) is 11.5 Å². The molecule has 1 atom stereocenters. The summed E-state index contributed by atoms with van der Waals surface area (Å²) in [5.41, 5.74) is 0.0355. The Labute approximate surface area is 132 Å². The summed E-state index contributed by atoms with van der Waals surface area (Å²) in [6.07, 6.45) is 0.654. The average molecular weight is 356 g/mol. The zero-order valence-corrected chi connectivity index (χ0v) is 13.5. The maximum absolute atomic E-state index is 10.3. The molecule has 20 heavy (non-hydrogen) atoms. The van der Waals surface area contributed by atoms with Gasteiger partial charge in [-0.3, -0.25) is 0 Å². The predicted molar refractivity (Wildman–Crippen MR) is 85.9 cm³/mol. The maximum Gasteiger partial charge on any atom is 0.128 e. The van der Waals surface area contributed by atoms with Gasteiger partial charge >= 0.3 is 0 Å². The number of halogens is 2. The van der Waals surface area contributed by atoms with Gasteiger partial charge in [-0.05, 0) is 49.2 Å². The van der Waals surface area contributed by atoms with E-state index in [1.54, 1.807) is 19.1 Å². The van der Waals surface area contributed by atoms with Crippen LogP contribution >= 0.6 is 27.5 Å². The molecule has 0 aromatic heterocycles. The molecule has 0 bridgehead atoms. The van der Waals surface area contributed by atoms with Crippen molar-refractivity contribution >= 4 is 27.5 Å². The minimum absolute atomic E-state index is 0.638.